The minimum Gasteiger partial charge on any atom is -0.385 e. The summed E-state index contributed by atoms with van der Waals surface area (Å²) in [5.41, 5.74) is 5.58. The lowest BCUT2D eigenvalue weighted by atomic mass is 9.91. The number of nitrogens with two attached hydrogens (primary N) is 1. The topological polar surface area (TPSA) is 38.5 Å². The molecule has 0 aliphatic heterocycles. The van der Waals surface area contributed by atoms with Gasteiger partial charge >= 0.3 is 0 Å². The van der Waals surface area contributed by atoms with E-state index in [0.29, 0.717) is 0 Å². The highest BCUT2D eigenvalue weighted by Crippen LogP contribution is 2.24. The van der Waals surface area contributed by atoms with Crippen molar-refractivity contribution in [3.05, 3.63) is 0 Å². The fourth-order valence-electron chi connectivity index (χ4n) is 1.81. The van der Waals surface area contributed by atoms with Crippen LogP contribution in [0.4, 0.5) is 0 Å². The molecule has 0 aromatic carbocycles. The Labute approximate surface area is 81.2 Å². The summed E-state index contributed by atoms with van der Waals surface area (Å²) in [6, 6.07) is 0.820. The Morgan fingerprint density at radius 2 is 2.15 bits per heavy atom. The predicted molar refractivity (Wildman–Crippen MR) is 54.8 cm³/mol. The first-order chi connectivity index (χ1) is 6.38. The van der Waals surface area contributed by atoms with Gasteiger partial charge in [-0.05, 0) is 19.3 Å². The number of nitrogens with zero attached hydrogens (tertiary/aromatic N) is 1. The molecule has 1 aliphatic rings. The molecule has 0 aromatic heterocycles. The standard InChI is InChI=1S/C10H22N2O/c1-13-9-3-7-12(8-6-11)10-4-2-5-10/h10H,2-9,11H2,1H3. The average Bonchev–Trinajstić information content (AvgIpc) is 2.02. The zero-order valence-electron chi connectivity index (χ0n) is 8.67. The number of methoxy groups -OCH3 is 1. The monoisotopic (exact) mass is 186 g/mol. The molecule has 0 aromatic rings. The zero-order valence-corrected chi connectivity index (χ0v) is 8.67. The van der Waals surface area contributed by atoms with Crippen molar-refractivity contribution in [3.63, 3.8) is 0 Å². The molecule has 1 fully saturated rings. The van der Waals surface area contributed by atoms with Crippen LogP contribution in [0.5, 0.6) is 0 Å². The third-order valence-corrected chi connectivity index (χ3v) is 2.80. The molecule has 13 heavy (non-hydrogen) atoms. The van der Waals surface area contributed by atoms with E-state index in [1.165, 1.54) is 19.3 Å². The Hall–Kier alpha value is -0.120. The predicted octanol–water partition coefficient (Wildman–Crippen LogP) is 0.836. The maximum absolute atomic E-state index is 5.58. The van der Waals surface area contributed by atoms with Gasteiger partial charge in [0.05, 0.1) is 0 Å². The molecule has 1 rings (SSSR count). The van der Waals surface area contributed by atoms with Gasteiger partial charge in [0.15, 0.2) is 0 Å². The maximum Gasteiger partial charge on any atom is 0.0474 e. The van der Waals surface area contributed by atoms with Gasteiger partial charge in [-0.3, -0.25) is 4.90 Å². The van der Waals surface area contributed by atoms with Gasteiger partial charge < -0.3 is 10.5 Å². The van der Waals surface area contributed by atoms with Crippen LogP contribution in [-0.2, 0) is 4.74 Å². The second-order valence-electron chi connectivity index (χ2n) is 3.76. The Bertz CT molecular complexity index is 126. The smallest absolute Gasteiger partial charge is 0.0474 e. The van der Waals surface area contributed by atoms with Crippen molar-refractivity contribution in [1.82, 2.24) is 4.90 Å². The molecule has 3 nitrogen and oxygen atoms in total. The molecule has 2 N–H and O–H groups in total. The molecule has 0 unspecified atom stereocenters. The Balaban J connectivity index is 2.12. The second-order valence-corrected chi connectivity index (χ2v) is 3.76. The van der Waals surface area contributed by atoms with Gasteiger partial charge in [0, 0.05) is 39.4 Å². The molecule has 0 bridgehead atoms. The SMILES string of the molecule is COCCCN(CCN)C1CCC1. The number of hydrogen-bond acceptors (Lipinski definition) is 3. The van der Waals surface area contributed by atoms with Crippen LogP contribution in [-0.4, -0.2) is 44.3 Å². The molecule has 0 heterocycles. The molecule has 3 heteroatoms. The number of ether oxygens (including phenoxy) is 1. The van der Waals surface area contributed by atoms with E-state index in [9.17, 15) is 0 Å². The van der Waals surface area contributed by atoms with Gasteiger partial charge in [-0.25, -0.2) is 0 Å². The summed E-state index contributed by atoms with van der Waals surface area (Å²) in [5.74, 6) is 0. The molecule has 1 aliphatic carbocycles. The van der Waals surface area contributed by atoms with Gasteiger partial charge in [-0.2, -0.15) is 0 Å². The van der Waals surface area contributed by atoms with Crippen molar-refractivity contribution < 1.29 is 4.74 Å². The van der Waals surface area contributed by atoms with Gasteiger partial charge in [0.2, 0.25) is 0 Å². The molecule has 0 atom stereocenters. The van der Waals surface area contributed by atoms with Crippen LogP contribution in [0, 0.1) is 0 Å². The van der Waals surface area contributed by atoms with E-state index >= 15 is 0 Å². The van der Waals surface area contributed by atoms with Gasteiger partial charge in [0.25, 0.3) is 0 Å². The highest BCUT2D eigenvalue weighted by molar-refractivity contribution is 4.79. The van der Waals surface area contributed by atoms with E-state index in [-0.39, 0.29) is 0 Å². The third-order valence-electron chi connectivity index (χ3n) is 2.80. The van der Waals surface area contributed by atoms with Gasteiger partial charge in [0.1, 0.15) is 0 Å². The molecule has 0 radical (unpaired) electrons. The van der Waals surface area contributed by atoms with E-state index in [0.717, 1.165) is 38.7 Å². The minimum absolute atomic E-state index is 0.781. The van der Waals surface area contributed by atoms with Crippen LogP contribution in [0.25, 0.3) is 0 Å². The van der Waals surface area contributed by atoms with Crippen LogP contribution < -0.4 is 5.73 Å². The van der Waals surface area contributed by atoms with Crippen LogP contribution in [0.2, 0.25) is 0 Å². The molecule has 0 saturated heterocycles. The summed E-state index contributed by atoms with van der Waals surface area (Å²) >= 11 is 0. The average molecular weight is 186 g/mol. The lowest BCUT2D eigenvalue weighted by Gasteiger charge is -2.37. The summed E-state index contributed by atoms with van der Waals surface area (Å²) in [5, 5.41) is 0. The molecule has 0 amide bonds. The lowest BCUT2D eigenvalue weighted by molar-refractivity contribution is 0.111. The van der Waals surface area contributed by atoms with E-state index in [1.54, 1.807) is 7.11 Å². The van der Waals surface area contributed by atoms with Crippen molar-refractivity contribution in [1.29, 1.82) is 0 Å². The summed E-state index contributed by atoms with van der Waals surface area (Å²) in [6.07, 6.45) is 5.27. The van der Waals surface area contributed by atoms with Crippen molar-refractivity contribution in [2.45, 2.75) is 31.7 Å². The van der Waals surface area contributed by atoms with Crippen LogP contribution >= 0.6 is 0 Å². The van der Waals surface area contributed by atoms with E-state index in [4.69, 9.17) is 10.5 Å². The van der Waals surface area contributed by atoms with Gasteiger partial charge in [-0.1, -0.05) is 6.42 Å². The van der Waals surface area contributed by atoms with Crippen LogP contribution in [0.15, 0.2) is 0 Å². The minimum atomic E-state index is 0.781. The fourth-order valence-corrected chi connectivity index (χ4v) is 1.81. The van der Waals surface area contributed by atoms with Crippen LogP contribution in [0.3, 0.4) is 0 Å². The Morgan fingerprint density at radius 1 is 1.38 bits per heavy atom. The first-order valence-corrected chi connectivity index (χ1v) is 5.31. The molecule has 78 valence electrons. The third kappa shape index (κ3) is 3.63. The van der Waals surface area contributed by atoms with Crippen molar-refractivity contribution in [2.75, 3.05) is 33.4 Å². The molecular weight excluding hydrogens is 164 g/mol. The second kappa shape index (κ2) is 6.35. The summed E-state index contributed by atoms with van der Waals surface area (Å²) < 4.78 is 5.04. The first kappa shape index (κ1) is 11.0. The Kier molecular flexibility index (Phi) is 5.35. The molecule has 0 spiro atoms. The summed E-state index contributed by atoms with van der Waals surface area (Å²) in [6.45, 7) is 3.85. The lowest BCUT2D eigenvalue weighted by Crippen LogP contribution is -2.43. The van der Waals surface area contributed by atoms with E-state index in [2.05, 4.69) is 4.90 Å². The van der Waals surface area contributed by atoms with Crippen molar-refractivity contribution >= 4 is 0 Å². The first-order valence-electron chi connectivity index (χ1n) is 5.31. The van der Waals surface area contributed by atoms with Crippen molar-refractivity contribution in [2.24, 2.45) is 5.73 Å². The fraction of sp³-hybridized carbons (Fsp3) is 1.00. The largest absolute Gasteiger partial charge is 0.385 e. The van der Waals surface area contributed by atoms with Crippen molar-refractivity contribution in [3.8, 4) is 0 Å². The Morgan fingerprint density at radius 3 is 2.62 bits per heavy atom. The zero-order chi connectivity index (χ0) is 9.52. The molecular formula is C10H22N2O. The van der Waals surface area contributed by atoms with Gasteiger partial charge in [-0.15, -0.1) is 0 Å². The molecule has 1 saturated carbocycles. The number of rotatable bonds is 7. The normalized spacial score (nSPS) is 17.8. The quantitative estimate of drug-likeness (QED) is 0.599. The van der Waals surface area contributed by atoms with E-state index in [1.807, 2.05) is 0 Å². The van der Waals surface area contributed by atoms with Crippen LogP contribution in [0.1, 0.15) is 25.7 Å². The highest BCUT2D eigenvalue weighted by Gasteiger charge is 2.23. The summed E-state index contributed by atoms with van der Waals surface area (Å²) in [7, 11) is 1.76. The number of hydrogen-bond donors (Lipinski definition) is 1. The summed E-state index contributed by atoms with van der Waals surface area (Å²) in [4.78, 5) is 2.52. The maximum atomic E-state index is 5.58. The highest BCUT2D eigenvalue weighted by atomic mass is 16.5. The van der Waals surface area contributed by atoms with E-state index < -0.39 is 0 Å².